The number of benzene rings is 1. The number of para-hydroxylation sites is 1. The lowest BCUT2D eigenvalue weighted by molar-refractivity contribution is -0.140. The van der Waals surface area contributed by atoms with Crippen molar-refractivity contribution in [1.82, 2.24) is 9.91 Å². The van der Waals surface area contributed by atoms with Crippen LogP contribution in [0.25, 0.3) is 0 Å². The van der Waals surface area contributed by atoms with Gasteiger partial charge < -0.3 is 14.4 Å². The van der Waals surface area contributed by atoms with E-state index in [-0.39, 0.29) is 48.0 Å². The Morgan fingerprint density at radius 2 is 1.77 bits per heavy atom. The van der Waals surface area contributed by atoms with Crippen molar-refractivity contribution in [2.45, 2.75) is 6.42 Å². The highest BCUT2D eigenvalue weighted by Crippen LogP contribution is 2.52. The van der Waals surface area contributed by atoms with E-state index in [4.69, 9.17) is 9.47 Å². The van der Waals surface area contributed by atoms with Crippen LogP contribution in [0.3, 0.4) is 0 Å². The molecule has 4 atom stereocenters. The van der Waals surface area contributed by atoms with Crippen LogP contribution in [0.2, 0.25) is 0 Å². The molecule has 0 aromatic heterocycles. The van der Waals surface area contributed by atoms with Gasteiger partial charge in [-0.2, -0.15) is 10.1 Å². The Kier molecular flexibility index (Phi) is 4.86. The van der Waals surface area contributed by atoms with Crippen LogP contribution in [0, 0.1) is 23.7 Å². The molecule has 1 saturated carbocycles. The van der Waals surface area contributed by atoms with Crippen molar-refractivity contribution in [2.24, 2.45) is 28.8 Å². The molecule has 2 aliphatic heterocycles. The van der Waals surface area contributed by atoms with E-state index in [1.807, 2.05) is 6.07 Å². The third-order valence-corrected chi connectivity index (χ3v) is 6.39. The molecule has 0 spiro atoms. The maximum atomic E-state index is 12.7. The summed E-state index contributed by atoms with van der Waals surface area (Å²) in [4.78, 5) is 39.5. The average molecular weight is 409 g/mol. The quantitative estimate of drug-likeness (QED) is 0.412. The second-order valence-electron chi connectivity index (χ2n) is 8.05. The highest BCUT2D eigenvalue weighted by Gasteiger charge is 2.59. The van der Waals surface area contributed by atoms with Crippen molar-refractivity contribution in [1.29, 1.82) is 0 Å². The molecule has 156 valence electrons. The fraction of sp³-hybridized carbons (Fsp3) is 0.455. The number of carbonyl (C=O) groups excluding carboxylic acids is 3. The van der Waals surface area contributed by atoms with E-state index < -0.39 is 0 Å². The highest BCUT2D eigenvalue weighted by molar-refractivity contribution is 6.06. The van der Waals surface area contributed by atoms with Gasteiger partial charge in [0, 0.05) is 18.7 Å². The maximum Gasteiger partial charge on any atom is 0.260 e. The molecule has 2 bridgehead atoms. The Balaban J connectivity index is 1.27. The number of carbonyl (C=O) groups is 3. The largest absolute Gasteiger partial charge is 0.483 e. The van der Waals surface area contributed by atoms with Crippen molar-refractivity contribution < 1.29 is 23.9 Å². The zero-order valence-corrected chi connectivity index (χ0v) is 16.5. The number of allylic oxidation sites excluding steroid dienone is 2. The maximum absolute atomic E-state index is 12.7. The molecular weight excluding hydrogens is 386 g/mol. The molecule has 8 nitrogen and oxygen atoms in total. The number of fused-ring (bicyclic) bond motifs is 5. The molecular formula is C22H23N3O5. The summed E-state index contributed by atoms with van der Waals surface area (Å²) in [7, 11) is 0. The molecule has 0 unspecified atom stereocenters. The molecule has 3 fully saturated rings. The van der Waals surface area contributed by atoms with Gasteiger partial charge in [-0.25, -0.2) is 0 Å². The van der Waals surface area contributed by atoms with Gasteiger partial charge in [0.15, 0.2) is 6.61 Å². The Morgan fingerprint density at radius 3 is 2.47 bits per heavy atom. The van der Waals surface area contributed by atoms with E-state index in [0.29, 0.717) is 37.6 Å². The summed E-state index contributed by atoms with van der Waals surface area (Å²) in [5.74, 6) is -0.325. The fourth-order valence-corrected chi connectivity index (χ4v) is 4.88. The van der Waals surface area contributed by atoms with Crippen LogP contribution in [-0.2, 0) is 19.1 Å². The number of amides is 3. The Morgan fingerprint density at radius 1 is 1.10 bits per heavy atom. The summed E-state index contributed by atoms with van der Waals surface area (Å²) >= 11 is 0. The van der Waals surface area contributed by atoms with E-state index in [0.717, 1.165) is 11.4 Å². The van der Waals surface area contributed by atoms with E-state index in [2.05, 4.69) is 17.3 Å². The van der Waals surface area contributed by atoms with E-state index in [1.54, 1.807) is 23.1 Å². The minimum absolute atomic E-state index is 0.0917. The minimum Gasteiger partial charge on any atom is -0.483 e. The van der Waals surface area contributed by atoms with Crippen molar-refractivity contribution >= 4 is 23.9 Å². The summed E-state index contributed by atoms with van der Waals surface area (Å²) in [5, 5.41) is 5.21. The predicted octanol–water partition coefficient (Wildman–Crippen LogP) is 1.07. The molecule has 2 heterocycles. The van der Waals surface area contributed by atoms with Gasteiger partial charge in [0.1, 0.15) is 5.75 Å². The molecule has 8 heteroatoms. The van der Waals surface area contributed by atoms with Crippen LogP contribution in [0.5, 0.6) is 5.75 Å². The average Bonchev–Trinajstić information content (AvgIpc) is 3.46. The number of ether oxygens (including phenoxy) is 2. The van der Waals surface area contributed by atoms with Crippen LogP contribution >= 0.6 is 0 Å². The number of morpholine rings is 1. The standard InChI is InChI=1S/C22H23N3O5/c26-18(24-7-9-29-10-8-24)13-30-17-4-2-1-3-16(17)12-23-25-21(27)19-14-5-6-15(11-14)20(19)22(25)28/h1-6,12,14-15,19-20H,7-11,13H2/t14-,15-,19-,20+/m0/s1. The van der Waals surface area contributed by atoms with Gasteiger partial charge in [-0.05, 0) is 30.4 Å². The van der Waals surface area contributed by atoms with Crippen molar-refractivity contribution in [2.75, 3.05) is 32.9 Å². The number of rotatable bonds is 5. The smallest absolute Gasteiger partial charge is 0.260 e. The van der Waals surface area contributed by atoms with E-state index in [9.17, 15) is 14.4 Å². The minimum atomic E-state index is -0.276. The van der Waals surface area contributed by atoms with Crippen LogP contribution in [-0.4, -0.2) is 66.8 Å². The number of hydrogen-bond donors (Lipinski definition) is 0. The van der Waals surface area contributed by atoms with Crippen molar-refractivity contribution in [3.05, 3.63) is 42.0 Å². The normalized spacial score (nSPS) is 29.9. The number of hydrazone groups is 1. The monoisotopic (exact) mass is 409 g/mol. The van der Waals surface area contributed by atoms with Gasteiger partial charge in [-0.15, -0.1) is 0 Å². The third kappa shape index (κ3) is 3.21. The van der Waals surface area contributed by atoms with Gasteiger partial charge in [0.25, 0.3) is 17.7 Å². The van der Waals surface area contributed by atoms with Crippen LogP contribution in [0.4, 0.5) is 0 Å². The number of imide groups is 1. The lowest BCUT2D eigenvalue weighted by atomic mass is 9.85. The summed E-state index contributed by atoms with van der Waals surface area (Å²) in [5.41, 5.74) is 0.603. The van der Waals surface area contributed by atoms with Crippen molar-refractivity contribution in [3.63, 3.8) is 0 Å². The summed E-state index contributed by atoms with van der Waals surface area (Å²) in [6, 6.07) is 7.12. The topological polar surface area (TPSA) is 88.5 Å². The fourth-order valence-electron chi connectivity index (χ4n) is 4.88. The number of nitrogens with zero attached hydrogens (tertiary/aromatic N) is 3. The second-order valence-corrected chi connectivity index (χ2v) is 8.05. The lowest BCUT2D eigenvalue weighted by Gasteiger charge is -2.26. The van der Waals surface area contributed by atoms with E-state index in [1.165, 1.54) is 6.21 Å². The Bertz CT molecular complexity index is 906. The van der Waals surface area contributed by atoms with E-state index >= 15 is 0 Å². The Hall–Kier alpha value is -3.00. The second kappa shape index (κ2) is 7.68. The molecule has 2 saturated heterocycles. The predicted molar refractivity (Wildman–Crippen MR) is 107 cm³/mol. The SMILES string of the molecule is O=C(COc1ccccc1C=NN1C(=O)[C@@H]2[C@H](C1=O)[C@H]1C=C[C@H]2C1)N1CCOCC1. The van der Waals surface area contributed by atoms with Gasteiger partial charge in [0.05, 0.1) is 31.3 Å². The Labute approximate surface area is 174 Å². The van der Waals surface area contributed by atoms with Crippen LogP contribution in [0.1, 0.15) is 12.0 Å². The van der Waals surface area contributed by atoms with Gasteiger partial charge in [0.2, 0.25) is 0 Å². The van der Waals surface area contributed by atoms with Gasteiger partial charge >= 0.3 is 0 Å². The molecule has 4 aliphatic rings. The molecule has 1 aromatic carbocycles. The van der Waals surface area contributed by atoms with Crippen molar-refractivity contribution in [3.8, 4) is 5.75 Å². The van der Waals surface area contributed by atoms with Crippen LogP contribution < -0.4 is 4.74 Å². The zero-order chi connectivity index (χ0) is 20.7. The van der Waals surface area contributed by atoms with Crippen LogP contribution in [0.15, 0.2) is 41.5 Å². The summed E-state index contributed by atoms with van der Waals surface area (Å²) in [6.45, 7) is 2.09. The first-order valence-electron chi connectivity index (χ1n) is 10.3. The summed E-state index contributed by atoms with van der Waals surface area (Å²) in [6.07, 6.45) is 6.45. The molecule has 0 N–H and O–H groups in total. The third-order valence-electron chi connectivity index (χ3n) is 6.39. The first-order chi connectivity index (χ1) is 14.6. The number of hydrogen-bond acceptors (Lipinski definition) is 6. The summed E-state index contributed by atoms with van der Waals surface area (Å²) < 4.78 is 11.0. The molecule has 3 amide bonds. The zero-order valence-electron chi connectivity index (χ0n) is 16.5. The lowest BCUT2D eigenvalue weighted by Crippen LogP contribution is -2.43. The first kappa shape index (κ1) is 19.0. The molecule has 5 rings (SSSR count). The molecule has 1 aromatic rings. The first-order valence-corrected chi connectivity index (χ1v) is 10.3. The highest BCUT2D eigenvalue weighted by atomic mass is 16.5. The molecule has 2 aliphatic carbocycles. The molecule has 30 heavy (non-hydrogen) atoms. The van der Waals surface area contributed by atoms with Gasteiger partial charge in [-0.3, -0.25) is 14.4 Å². The molecule has 0 radical (unpaired) electrons. The van der Waals surface area contributed by atoms with Gasteiger partial charge in [-0.1, -0.05) is 24.3 Å².